The minimum Gasteiger partial charge on any atom is -0.497 e. The van der Waals surface area contributed by atoms with Crippen molar-refractivity contribution in [3.05, 3.63) is 65.5 Å². The molecule has 0 spiro atoms. The lowest BCUT2D eigenvalue weighted by Crippen LogP contribution is -2.42. The quantitative estimate of drug-likeness (QED) is 0.629. The van der Waals surface area contributed by atoms with Crippen molar-refractivity contribution < 1.29 is 14.1 Å². The Kier molecular flexibility index (Phi) is 6.62. The van der Waals surface area contributed by atoms with Gasteiger partial charge in [-0.3, -0.25) is 9.69 Å². The van der Waals surface area contributed by atoms with E-state index in [1.54, 1.807) is 7.11 Å². The molecule has 4 rings (SSSR count). The molecule has 1 atom stereocenters. The summed E-state index contributed by atoms with van der Waals surface area (Å²) < 4.78 is 10.7. The van der Waals surface area contributed by atoms with E-state index < -0.39 is 0 Å². The lowest BCUT2D eigenvalue weighted by Gasteiger charge is -2.30. The maximum absolute atomic E-state index is 12.7. The van der Waals surface area contributed by atoms with Crippen molar-refractivity contribution in [3.8, 4) is 17.1 Å². The van der Waals surface area contributed by atoms with Crippen molar-refractivity contribution in [2.75, 3.05) is 20.2 Å². The number of nitrogens with one attached hydrogen (secondary N) is 1. The van der Waals surface area contributed by atoms with Crippen molar-refractivity contribution in [2.24, 2.45) is 5.92 Å². The van der Waals surface area contributed by atoms with E-state index in [4.69, 9.17) is 9.26 Å². The van der Waals surface area contributed by atoms with Gasteiger partial charge >= 0.3 is 0 Å². The number of amides is 1. The number of rotatable bonds is 7. The molecule has 31 heavy (non-hydrogen) atoms. The Labute approximate surface area is 182 Å². The van der Waals surface area contributed by atoms with E-state index in [1.807, 2.05) is 55.5 Å². The van der Waals surface area contributed by atoms with E-state index >= 15 is 0 Å². The second kappa shape index (κ2) is 9.75. The minimum atomic E-state index is -0.0363. The molecule has 7 nitrogen and oxygen atoms in total. The Balaban J connectivity index is 1.31. The summed E-state index contributed by atoms with van der Waals surface area (Å²) in [7, 11) is 1.64. The molecular weight excluding hydrogens is 392 g/mol. The summed E-state index contributed by atoms with van der Waals surface area (Å²) >= 11 is 0. The third-order valence-electron chi connectivity index (χ3n) is 5.72. The van der Waals surface area contributed by atoms with Gasteiger partial charge in [0.1, 0.15) is 5.75 Å². The maximum Gasteiger partial charge on any atom is 0.241 e. The maximum atomic E-state index is 12.7. The Morgan fingerprint density at radius 2 is 2.03 bits per heavy atom. The van der Waals surface area contributed by atoms with Gasteiger partial charge in [-0.1, -0.05) is 41.6 Å². The summed E-state index contributed by atoms with van der Waals surface area (Å²) in [5.41, 5.74) is 3.14. The zero-order valence-corrected chi connectivity index (χ0v) is 18.0. The molecule has 3 aromatic rings. The number of hydrogen-bond acceptors (Lipinski definition) is 6. The first-order valence-corrected chi connectivity index (χ1v) is 10.6. The molecule has 2 aromatic carbocycles. The summed E-state index contributed by atoms with van der Waals surface area (Å²) in [5.74, 6) is 2.05. The van der Waals surface area contributed by atoms with E-state index in [2.05, 4.69) is 20.4 Å². The molecule has 0 saturated carbocycles. The fourth-order valence-corrected chi connectivity index (χ4v) is 3.93. The van der Waals surface area contributed by atoms with Crippen LogP contribution in [0.1, 0.15) is 29.9 Å². The van der Waals surface area contributed by atoms with Crippen molar-refractivity contribution in [2.45, 2.75) is 32.9 Å². The monoisotopic (exact) mass is 420 g/mol. The normalized spacial score (nSPS) is 16.8. The summed E-state index contributed by atoms with van der Waals surface area (Å²) in [6, 6.07) is 15.7. The van der Waals surface area contributed by atoms with Crippen LogP contribution in [0.25, 0.3) is 11.4 Å². The SMILES string of the molecule is COc1ccc(CNC(=O)C2CCCN(Cc3nc(-c4ccccc4C)no3)C2)cc1. The molecule has 1 fully saturated rings. The minimum absolute atomic E-state index is 0.0363. The Bertz CT molecular complexity index is 1020. The summed E-state index contributed by atoms with van der Waals surface area (Å²) in [5, 5.41) is 7.21. The van der Waals surface area contributed by atoms with Crippen LogP contribution in [0.2, 0.25) is 0 Å². The van der Waals surface area contributed by atoms with Gasteiger partial charge in [0.25, 0.3) is 0 Å². The highest BCUT2D eigenvalue weighted by molar-refractivity contribution is 5.79. The average Bonchev–Trinajstić information content (AvgIpc) is 3.26. The largest absolute Gasteiger partial charge is 0.497 e. The van der Waals surface area contributed by atoms with Gasteiger partial charge in [0, 0.05) is 18.7 Å². The zero-order chi connectivity index (χ0) is 21.6. The van der Waals surface area contributed by atoms with Gasteiger partial charge in [-0.05, 0) is 49.6 Å². The van der Waals surface area contributed by atoms with Crippen LogP contribution in [0.3, 0.4) is 0 Å². The molecule has 1 amide bonds. The van der Waals surface area contributed by atoms with E-state index in [1.165, 1.54) is 0 Å². The molecule has 1 aliphatic heterocycles. The first-order chi connectivity index (χ1) is 15.1. The van der Waals surface area contributed by atoms with Crippen LogP contribution < -0.4 is 10.1 Å². The number of likely N-dealkylation sites (tertiary alicyclic amines) is 1. The molecular formula is C24H28N4O3. The predicted molar refractivity (Wildman–Crippen MR) is 117 cm³/mol. The van der Waals surface area contributed by atoms with Crippen molar-refractivity contribution >= 4 is 5.91 Å². The molecule has 0 aliphatic carbocycles. The van der Waals surface area contributed by atoms with Crippen LogP contribution in [0.4, 0.5) is 0 Å². The van der Waals surface area contributed by atoms with Gasteiger partial charge in [-0.2, -0.15) is 4.98 Å². The number of benzene rings is 2. The second-order valence-electron chi connectivity index (χ2n) is 7.97. The van der Waals surface area contributed by atoms with Gasteiger partial charge in [-0.15, -0.1) is 0 Å². The molecule has 2 heterocycles. The Morgan fingerprint density at radius 1 is 1.23 bits per heavy atom. The number of carbonyl (C=O) groups is 1. The average molecular weight is 421 g/mol. The Morgan fingerprint density at radius 3 is 2.81 bits per heavy atom. The first-order valence-electron chi connectivity index (χ1n) is 10.6. The topological polar surface area (TPSA) is 80.5 Å². The molecule has 0 radical (unpaired) electrons. The number of carbonyl (C=O) groups excluding carboxylic acids is 1. The summed E-state index contributed by atoms with van der Waals surface area (Å²) in [6.07, 6.45) is 1.86. The highest BCUT2D eigenvalue weighted by atomic mass is 16.5. The van der Waals surface area contributed by atoms with Crippen LogP contribution in [-0.4, -0.2) is 41.1 Å². The van der Waals surface area contributed by atoms with Crippen LogP contribution in [0, 0.1) is 12.8 Å². The zero-order valence-electron chi connectivity index (χ0n) is 18.0. The third-order valence-corrected chi connectivity index (χ3v) is 5.72. The van der Waals surface area contributed by atoms with E-state index in [-0.39, 0.29) is 11.8 Å². The number of piperidine rings is 1. The second-order valence-corrected chi connectivity index (χ2v) is 7.97. The van der Waals surface area contributed by atoms with Gasteiger partial charge in [-0.25, -0.2) is 0 Å². The highest BCUT2D eigenvalue weighted by Crippen LogP contribution is 2.22. The van der Waals surface area contributed by atoms with E-state index in [0.29, 0.717) is 31.3 Å². The van der Waals surface area contributed by atoms with Gasteiger partial charge in [0.05, 0.1) is 19.6 Å². The van der Waals surface area contributed by atoms with E-state index in [9.17, 15) is 4.79 Å². The lowest BCUT2D eigenvalue weighted by atomic mass is 9.97. The molecule has 1 N–H and O–H groups in total. The van der Waals surface area contributed by atoms with Gasteiger partial charge < -0.3 is 14.6 Å². The number of methoxy groups -OCH3 is 1. The lowest BCUT2D eigenvalue weighted by molar-refractivity contribution is -0.127. The number of aryl methyl sites for hydroxylation is 1. The van der Waals surface area contributed by atoms with Crippen LogP contribution in [0.5, 0.6) is 5.75 Å². The van der Waals surface area contributed by atoms with E-state index in [0.717, 1.165) is 41.8 Å². The molecule has 7 heteroatoms. The number of aromatic nitrogens is 2. The van der Waals surface area contributed by atoms with Gasteiger partial charge in [0.15, 0.2) is 0 Å². The highest BCUT2D eigenvalue weighted by Gasteiger charge is 2.27. The predicted octanol–water partition coefficient (Wildman–Crippen LogP) is 3.58. The number of hydrogen-bond donors (Lipinski definition) is 1. The number of ether oxygens (including phenoxy) is 1. The summed E-state index contributed by atoms with van der Waals surface area (Å²) in [6.45, 7) is 4.72. The fraction of sp³-hybridized carbons (Fsp3) is 0.375. The Hall–Kier alpha value is -3.19. The molecule has 1 unspecified atom stereocenters. The third kappa shape index (κ3) is 5.30. The van der Waals surface area contributed by atoms with Crippen LogP contribution in [0.15, 0.2) is 53.1 Å². The number of nitrogens with zero attached hydrogens (tertiary/aromatic N) is 3. The van der Waals surface area contributed by atoms with Gasteiger partial charge in [0.2, 0.25) is 17.6 Å². The molecule has 1 saturated heterocycles. The summed E-state index contributed by atoms with van der Waals surface area (Å²) in [4.78, 5) is 19.5. The smallest absolute Gasteiger partial charge is 0.241 e. The molecule has 0 bridgehead atoms. The van der Waals surface area contributed by atoms with Crippen LogP contribution in [-0.2, 0) is 17.9 Å². The van der Waals surface area contributed by atoms with Crippen LogP contribution >= 0.6 is 0 Å². The van der Waals surface area contributed by atoms with Crippen molar-refractivity contribution in [1.82, 2.24) is 20.4 Å². The standard InChI is InChI=1S/C24H28N4O3/c1-17-6-3-4-8-21(17)23-26-22(31-27-23)16-28-13-5-7-19(15-28)24(29)25-14-18-9-11-20(30-2)12-10-18/h3-4,6,8-12,19H,5,7,13-16H2,1-2H3,(H,25,29). The first kappa shape index (κ1) is 21.1. The fourth-order valence-electron chi connectivity index (χ4n) is 3.93. The molecule has 1 aliphatic rings. The molecule has 162 valence electrons. The molecule has 1 aromatic heterocycles. The van der Waals surface area contributed by atoms with Crippen molar-refractivity contribution in [3.63, 3.8) is 0 Å². The van der Waals surface area contributed by atoms with Crippen molar-refractivity contribution in [1.29, 1.82) is 0 Å².